The number of hydrogen-bond acceptors (Lipinski definition) is 3. The maximum Gasteiger partial charge on any atom is 0.133 e. The predicted octanol–water partition coefficient (Wildman–Crippen LogP) is 2.65. The minimum atomic E-state index is -0.303. The molecule has 2 rings (SSSR count). The van der Waals surface area contributed by atoms with Crippen molar-refractivity contribution in [3.8, 4) is 0 Å². The van der Waals surface area contributed by atoms with Crippen LogP contribution < -0.4 is 0 Å². The molecule has 0 fully saturated rings. The maximum atomic E-state index is 8.44. The molecule has 1 atom stereocenters. The molecule has 6 nitrogen and oxygen atoms in total. The van der Waals surface area contributed by atoms with Crippen LogP contribution in [0.1, 0.15) is 19.5 Å². The number of rotatable bonds is 3. The number of nitrogens with zero attached hydrogens (tertiary/aromatic N) is 6. The zero-order valence-electron chi connectivity index (χ0n) is 8.28. The van der Waals surface area contributed by atoms with Gasteiger partial charge < -0.3 is 0 Å². The lowest BCUT2D eigenvalue weighted by Gasteiger charge is -2.08. The summed E-state index contributed by atoms with van der Waals surface area (Å²) in [4.78, 5) is 2.81. The first-order valence-electron chi connectivity index (χ1n) is 4.71. The standard InChI is InChI=1S/C9H10N6/c1-2-9(12-13-10)15-8-6-4-3-5-7(8)11-14-15/h3-6,9H,2H2,1H3. The number of fused-ring (bicyclic) bond motifs is 1. The lowest BCUT2D eigenvalue weighted by Crippen LogP contribution is -2.06. The summed E-state index contributed by atoms with van der Waals surface area (Å²) in [7, 11) is 0. The Morgan fingerprint density at radius 1 is 1.53 bits per heavy atom. The van der Waals surface area contributed by atoms with Gasteiger partial charge in [0.05, 0.1) is 5.52 Å². The van der Waals surface area contributed by atoms with Crippen LogP contribution in [-0.4, -0.2) is 15.0 Å². The second-order valence-electron chi connectivity index (χ2n) is 3.12. The number of aromatic nitrogens is 3. The molecule has 0 aliphatic carbocycles. The van der Waals surface area contributed by atoms with Gasteiger partial charge >= 0.3 is 0 Å². The molecule has 15 heavy (non-hydrogen) atoms. The summed E-state index contributed by atoms with van der Waals surface area (Å²) < 4.78 is 1.65. The highest BCUT2D eigenvalue weighted by atomic mass is 15.5. The molecule has 6 heteroatoms. The molecule has 1 aromatic carbocycles. The molecule has 1 unspecified atom stereocenters. The molecule has 0 aliphatic rings. The molecular formula is C9H10N6. The summed E-state index contributed by atoms with van der Waals surface area (Å²) in [5.74, 6) is 0. The predicted molar refractivity (Wildman–Crippen MR) is 56.0 cm³/mol. The van der Waals surface area contributed by atoms with E-state index in [4.69, 9.17) is 5.53 Å². The second-order valence-corrected chi connectivity index (χ2v) is 3.12. The van der Waals surface area contributed by atoms with E-state index in [0.717, 1.165) is 11.0 Å². The normalized spacial score (nSPS) is 12.3. The quantitative estimate of drug-likeness (QED) is 0.435. The third-order valence-electron chi connectivity index (χ3n) is 2.21. The van der Waals surface area contributed by atoms with Crippen LogP contribution in [0.5, 0.6) is 0 Å². The molecule has 0 spiro atoms. The van der Waals surface area contributed by atoms with Gasteiger partial charge in [0.2, 0.25) is 0 Å². The number of benzene rings is 1. The Bertz CT molecular complexity index is 510. The third-order valence-corrected chi connectivity index (χ3v) is 2.21. The molecule has 0 saturated heterocycles. The second kappa shape index (κ2) is 3.98. The van der Waals surface area contributed by atoms with Gasteiger partial charge in [0.1, 0.15) is 11.7 Å². The zero-order chi connectivity index (χ0) is 10.7. The van der Waals surface area contributed by atoms with Crippen molar-refractivity contribution >= 4 is 11.0 Å². The first-order valence-corrected chi connectivity index (χ1v) is 4.71. The molecule has 1 heterocycles. The van der Waals surface area contributed by atoms with Gasteiger partial charge in [-0.25, -0.2) is 4.68 Å². The summed E-state index contributed by atoms with van der Waals surface area (Å²) in [5.41, 5.74) is 10.1. The van der Waals surface area contributed by atoms with Gasteiger partial charge in [0.25, 0.3) is 0 Å². The SMILES string of the molecule is CCC(N=[N+]=[N-])n1nnc2ccccc21. The molecule has 2 aromatic rings. The number of azide groups is 1. The Kier molecular flexibility index (Phi) is 2.51. The fraction of sp³-hybridized carbons (Fsp3) is 0.333. The van der Waals surface area contributed by atoms with E-state index in [2.05, 4.69) is 20.3 Å². The Hall–Kier alpha value is -2.07. The van der Waals surface area contributed by atoms with Gasteiger partial charge in [-0.1, -0.05) is 29.4 Å². The van der Waals surface area contributed by atoms with E-state index in [-0.39, 0.29) is 6.17 Å². The smallest absolute Gasteiger partial charge is 0.133 e. The van der Waals surface area contributed by atoms with E-state index < -0.39 is 0 Å². The monoisotopic (exact) mass is 202 g/mol. The van der Waals surface area contributed by atoms with Crippen LogP contribution in [0.2, 0.25) is 0 Å². The topological polar surface area (TPSA) is 79.5 Å². The van der Waals surface area contributed by atoms with E-state index >= 15 is 0 Å². The molecule has 0 bridgehead atoms. The van der Waals surface area contributed by atoms with E-state index in [1.807, 2.05) is 31.2 Å². The lowest BCUT2D eigenvalue weighted by atomic mass is 10.3. The van der Waals surface area contributed by atoms with Crippen molar-refractivity contribution in [2.24, 2.45) is 5.11 Å². The van der Waals surface area contributed by atoms with Crippen molar-refractivity contribution in [3.05, 3.63) is 34.7 Å². The Labute approximate surface area is 86.1 Å². The first-order chi connectivity index (χ1) is 7.36. The van der Waals surface area contributed by atoms with Crippen LogP contribution in [0.15, 0.2) is 29.4 Å². The van der Waals surface area contributed by atoms with E-state index in [1.54, 1.807) is 4.68 Å². The fourth-order valence-electron chi connectivity index (χ4n) is 1.47. The highest BCUT2D eigenvalue weighted by molar-refractivity contribution is 5.73. The minimum absolute atomic E-state index is 0.303. The molecule has 0 N–H and O–H groups in total. The van der Waals surface area contributed by atoms with Crippen molar-refractivity contribution in [1.29, 1.82) is 0 Å². The lowest BCUT2D eigenvalue weighted by molar-refractivity contribution is 0.455. The molecular weight excluding hydrogens is 192 g/mol. The van der Waals surface area contributed by atoms with Crippen LogP contribution >= 0.6 is 0 Å². The maximum absolute atomic E-state index is 8.44. The van der Waals surface area contributed by atoms with Gasteiger partial charge in [-0.2, -0.15) is 0 Å². The van der Waals surface area contributed by atoms with Gasteiger partial charge in [-0.05, 0) is 24.1 Å². The summed E-state index contributed by atoms with van der Waals surface area (Å²) in [5, 5.41) is 11.7. The minimum Gasteiger partial charge on any atom is -0.236 e. The van der Waals surface area contributed by atoms with Gasteiger partial charge in [-0.3, -0.25) is 0 Å². The van der Waals surface area contributed by atoms with Crippen LogP contribution in [-0.2, 0) is 0 Å². The molecule has 0 amide bonds. The van der Waals surface area contributed by atoms with E-state index in [9.17, 15) is 0 Å². The van der Waals surface area contributed by atoms with Crippen molar-refractivity contribution in [2.75, 3.05) is 0 Å². The van der Waals surface area contributed by atoms with Crippen LogP contribution in [0, 0.1) is 0 Å². The van der Waals surface area contributed by atoms with Crippen molar-refractivity contribution in [2.45, 2.75) is 19.5 Å². The number of para-hydroxylation sites is 1. The molecule has 0 aliphatic heterocycles. The van der Waals surface area contributed by atoms with E-state index in [0.29, 0.717) is 6.42 Å². The summed E-state index contributed by atoms with van der Waals surface area (Å²) in [6, 6.07) is 7.59. The van der Waals surface area contributed by atoms with Crippen molar-refractivity contribution in [1.82, 2.24) is 15.0 Å². The molecule has 0 radical (unpaired) electrons. The Morgan fingerprint density at radius 3 is 3.07 bits per heavy atom. The highest BCUT2D eigenvalue weighted by Crippen LogP contribution is 2.18. The number of hydrogen-bond donors (Lipinski definition) is 0. The van der Waals surface area contributed by atoms with Crippen LogP contribution in [0.25, 0.3) is 21.5 Å². The molecule has 1 aromatic heterocycles. The van der Waals surface area contributed by atoms with Crippen molar-refractivity contribution < 1.29 is 0 Å². The average molecular weight is 202 g/mol. The van der Waals surface area contributed by atoms with Gasteiger partial charge in [-0.15, -0.1) is 5.10 Å². The third kappa shape index (κ3) is 1.62. The summed E-state index contributed by atoms with van der Waals surface area (Å²) >= 11 is 0. The first kappa shape index (κ1) is 9.48. The molecule has 0 saturated carbocycles. The van der Waals surface area contributed by atoms with Crippen molar-refractivity contribution in [3.63, 3.8) is 0 Å². The summed E-state index contributed by atoms with van der Waals surface area (Å²) in [6.07, 6.45) is 0.389. The largest absolute Gasteiger partial charge is 0.236 e. The average Bonchev–Trinajstić information content (AvgIpc) is 2.70. The molecule has 76 valence electrons. The van der Waals surface area contributed by atoms with Gasteiger partial charge in [0.15, 0.2) is 0 Å². The van der Waals surface area contributed by atoms with Gasteiger partial charge in [0, 0.05) is 4.91 Å². The summed E-state index contributed by atoms with van der Waals surface area (Å²) in [6.45, 7) is 1.94. The van der Waals surface area contributed by atoms with Crippen LogP contribution in [0.3, 0.4) is 0 Å². The van der Waals surface area contributed by atoms with E-state index in [1.165, 1.54) is 0 Å². The zero-order valence-corrected chi connectivity index (χ0v) is 8.28. The van der Waals surface area contributed by atoms with Crippen LogP contribution in [0.4, 0.5) is 0 Å². The Morgan fingerprint density at radius 2 is 2.33 bits per heavy atom. The highest BCUT2D eigenvalue weighted by Gasteiger charge is 2.11. The fourth-order valence-corrected chi connectivity index (χ4v) is 1.47. The Balaban J connectivity index is 2.55.